The molecule has 2 nitrogen and oxygen atoms in total. The summed E-state index contributed by atoms with van der Waals surface area (Å²) in [6.07, 6.45) is 1.21. The Bertz CT molecular complexity index is 319. The van der Waals surface area contributed by atoms with Crippen molar-refractivity contribution in [2.75, 3.05) is 11.1 Å². The molecule has 1 fully saturated rings. The van der Waals surface area contributed by atoms with Crippen LogP contribution < -0.4 is 5.32 Å². The molecule has 1 saturated heterocycles. The zero-order chi connectivity index (χ0) is 9.97. The van der Waals surface area contributed by atoms with Crippen molar-refractivity contribution in [2.45, 2.75) is 24.6 Å². The van der Waals surface area contributed by atoms with Crippen molar-refractivity contribution in [2.24, 2.45) is 0 Å². The largest absolute Gasteiger partial charge is 0.366 e. The van der Waals surface area contributed by atoms with Crippen molar-refractivity contribution >= 4 is 29.2 Å². The van der Waals surface area contributed by atoms with Crippen LogP contribution in [0.5, 0.6) is 0 Å². The first-order valence-electron chi connectivity index (χ1n) is 4.76. The summed E-state index contributed by atoms with van der Waals surface area (Å²) in [5.41, 5.74) is 0. The topological polar surface area (TPSA) is 24.9 Å². The Morgan fingerprint density at radius 2 is 2.43 bits per heavy atom. The minimum atomic E-state index is 0.533. The van der Waals surface area contributed by atoms with Gasteiger partial charge in [-0.25, -0.2) is 4.98 Å². The smallest absolute Gasteiger partial charge is 0.131 e. The Hall–Kier alpha value is -0.410. The summed E-state index contributed by atoms with van der Waals surface area (Å²) in [4.78, 5) is 4.22. The molecular formula is C10H13ClN2S. The number of hydrogen-bond acceptors (Lipinski definition) is 3. The fourth-order valence-corrected chi connectivity index (χ4v) is 2.96. The number of halogens is 1. The number of pyridine rings is 1. The summed E-state index contributed by atoms with van der Waals surface area (Å²) in [7, 11) is 0. The van der Waals surface area contributed by atoms with E-state index >= 15 is 0 Å². The second kappa shape index (κ2) is 4.41. The Balaban J connectivity index is 2.03. The molecule has 1 aliphatic heterocycles. The third kappa shape index (κ3) is 2.34. The molecule has 0 bridgehead atoms. The van der Waals surface area contributed by atoms with Gasteiger partial charge in [0.15, 0.2) is 0 Å². The van der Waals surface area contributed by atoms with E-state index in [1.54, 1.807) is 6.07 Å². The molecule has 1 aliphatic rings. The highest BCUT2D eigenvalue weighted by Gasteiger charge is 2.23. The van der Waals surface area contributed by atoms with Crippen LogP contribution in [-0.2, 0) is 0 Å². The molecule has 2 atom stereocenters. The molecule has 1 aromatic heterocycles. The minimum Gasteiger partial charge on any atom is -0.366 e. The molecule has 0 aliphatic carbocycles. The molecule has 0 radical (unpaired) electrons. The van der Waals surface area contributed by atoms with E-state index in [1.165, 1.54) is 12.2 Å². The van der Waals surface area contributed by atoms with E-state index in [9.17, 15) is 0 Å². The van der Waals surface area contributed by atoms with Gasteiger partial charge in [-0.1, -0.05) is 24.6 Å². The van der Waals surface area contributed by atoms with E-state index in [0.717, 1.165) is 5.82 Å². The highest BCUT2D eigenvalue weighted by Crippen LogP contribution is 2.28. The van der Waals surface area contributed by atoms with Crippen LogP contribution in [0.3, 0.4) is 0 Å². The second-order valence-corrected chi connectivity index (χ2v) is 5.33. The predicted molar refractivity (Wildman–Crippen MR) is 63.2 cm³/mol. The molecule has 2 heterocycles. The van der Waals surface area contributed by atoms with E-state index in [0.29, 0.717) is 16.4 Å². The summed E-state index contributed by atoms with van der Waals surface area (Å²) < 4.78 is 0. The lowest BCUT2D eigenvalue weighted by Gasteiger charge is -2.16. The summed E-state index contributed by atoms with van der Waals surface area (Å²) in [5, 5.41) is 4.63. The van der Waals surface area contributed by atoms with Gasteiger partial charge in [-0.15, -0.1) is 0 Å². The number of thioether (sulfide) groups is 1. The molecule has 14 heavy (non-hydrogen) atoms. The average Bonchev–Trinajstić information content (AvgIpc) is 2.52. The summed E-state index contributed by atoms with van der Waals surface area (Å²) >= 11 is 7.82. The lowest BCUT2D eigenvalue weighted by Crippen LogP contribution is -2.25. The van der Waals surface area contributed by atoms with Gasteiger partial charge in [0.05, 0.1) is 0 Å². The summed E-state index contributed by atoms with van der Waals surface area (Å²) in [6.45, 7) is 2.25. The van der Waals surface area contributed by atoms with Crippen molar-refractivity contribution < 1.29 is 0 Å². The first kappa shape index (κ1) is 10.1. The number of nitrogens with one attached hydrogen (secondary N) is 1. The number of hydrogen-bond donors (Lipinski definition) is 1. The second-order valence-electron chi connectivity index (χ2n) is 3.46. The lowest BCUT2D eigenvalue weighted by molar-refractivity contribution is 0.720. The lowest BCUT2D eigenvalue weighted by atomic mass is 10.2. The molecule has 2 unspecified atom stereocenters. The third-order valence-electron chi connectivity index (χ3n) is 2.42. The van der Waals surface area contributed by atoms with Crippen LogP contribution >= 0.6 is 23.4 Å². The van der Waals surface area contributed by atoms with Crippen LogP contribution in [0.25, 0.3) is 0 Å². The van der Waals surface area contributed by atoms with E-state index in [1.807, 2.05) is 23.9 Å². The molecule has 0 aromatic carbocycles. The van der Waals surface area contributed by atoms with Crippen LogP contribution in [0.2, 0.25) is 5.15 Å². The van der Waals surface area contributed by atoms with E-state index in [-0.39, 0.29) is 0 Å². The van der Waals surface area contributed by atoms with Gasteiger partial charge in [0.1, 0.15) is 11.0 Å². The fourth-order valence-electron chi connectivity index (χ4n) is 1.60. The number of aromatic nitrogens is 1. The van der Waals surface area contributed by atoms with Gasteiger partial charge in [0.2, 0.25) is 0 Å². The first-order valence-corrected chi connectivity index (χ1v) is 6.19. The highest BCUT2D eigenvalue weighted by atomic mass is 35.5. The van der Waals surface area contributed by atoms with Crippen molar-refractivity contribution in [3.63, 3.8) is 0 Å². The monoisotopic (exact) mass is 228 g/mol. The maximum Gasteiger partial charge on any atom is 0.131 e. The molecule has 76 valence electrons. The van der Waals surface area contributed by atoms with Crippen LogP contribution in [0, 0.1) is 0 Å². The van der Waals surface area contributed by atoms with Crippen molar-refractivity contribution in [3.05, 3.63) is 23.4 Å². The van der Waals surface area contributed by atoms with E-state index in [2.05, 4.69) is 17.2 Å². The Morgan fingerprint density at radius 1 is 1.57 bits per heavy atom. The van der Waals surface area contributed by atoms with Crippen molar-refractivity contribution in [1.29, 1.82) is 0 Å². The molecular weight excluding hydrogens is 216 g/mol. The molecule has 1 aromatic rings. The molecule has 0 saturated carbocycles. The van der Waals surface area contributed by atoms with Crippen molar-refractivity contribution in [3.8, 4) is 0 Å². The fraction of sp³-hybridized carbons (Fsp3) is 0.500. The summed E-state index contributed by atoms with van der Waals surface area (Å²) in [5.74, 6) is 2.12. The van der Waals surface area contributed by atoms with Crippen LogP contribution in [0.15, 0.2) is 18.2 Å². The molecule has 4 heteroatoms. The normalized spacial score (nSPS) is 26.4. The molecule has 1 N–H and O–H groups in total. The standard InChI is InChI=1S/C10H13ClN2S/c1-7-8(5-6-14-7)12-10-4-2-3-9(11)13-10/h2-4,7-8H,5-6H2,1H3,(H,12,13). The van der Waals surface area contributed by atoms with Gasteiger partial charge in [-0.2, -0.15) is 11.8 Å². The van der Waals surface area contributed by atoms with Gasteiger partial charge in [-0.05, 0) is 24.3 Å². The van der Waals surface area contributed by atoms with Gasteiger partial charge in [0, 0.05) is 11.3 Å². The Labute approximate surface area is 93.4 Å². The SMILES string of the molecule is CC1SCCC1Nc1cccc(Cl)n1. The number of rotatable bonds is 2. The maximum absolute atomic E-state index is 5.81. The maximum atomic E-state index is 5.81. The van der Waals surface area contributed by atoms with Crippen molar-refractivity contribution in [1.82, 2.24) is 4.98 Å². The zero-order valence-electron chi connectivity index (χ0n) is 8.03. The van der Waals surface area contributed by atoms with Gasteiger partial charge in [-0.3, -0.25) is 0 Å². The average molecular weight is 229 g/mol. The van der Waals surface area contributed by atoms with E-state index in [4.69, 9.17) is 11.6 Å². The summed E-state index contributed by atoms with van der Waals surface area (Å²) in [6, 6.07) is 6.21. The zero-order valence-corrected chi connectivity index (χ0v) is 9.61. The number of nitrogens with zero attached hydrogens (tertiary/aromatic N) is 1. The molecule has 2 rings (SSSR count). The number of anilines is 1. The third-order valence-corrected chi connectivity index (χ3v) is 3.96. The first-order chi connectivity index (χ1) is 6.75. The minimum absolute atomic E-state index is 0.533. The van der Waals surface area contributed by atoms with Crippen LogP contribution in [-0.4, -0.2) is 22.0 Å². The molecule has 0 spiro atoms. The van der Waals surface area contributed by atoms with Crippen LogP contribution in [0.4, 0.5) is 5.82 Å². The van der Waals surface area contributed by atoms with Gasteiger partial charge >= 0.3 is 0 Å². The highest BCUT2D eigenvalue weighted by molar-refractivity contribution is 8.00. The molecule has 0 amide bonds. The van der Waals surface area contributed by atoms with E-state index < -0.39 is 0 Å². The van der Waals surface area contributed by atoms with Gasteiger partial charge in [0.25, 0.3) is 0 Å². The van der Waals surface area contributed by atoms with Gasteiger partial charge < -0.3 is 5.32 Å². The van der Waals surface area contributed by atoms with Crippen LogP contribution in [0.1, 0.15) is 13.3 Å². The Morgan fingerprint density at radius 3 is 3.07 bits per heavy atom. The quantitative estimate of drug-likeness (QED) is 0.788. The predicted octanol–water partition coefficient (Wildman–Crippen LogP) is 3.04. The Kier molecular flexibility index (Phi) is 3.19.